The molecule has 7 heteroatoms. The first-order chi connectivity index (χ1) is 10.5. The fourth-order valence-electron chi connectivity index (χ4n) is 1.79. The van der Waals surface area contributed by atoms with E-state index >= 15 is 0 Å². The lowest BCUT2D eigenvalue weighted by atomic mass is 10.1. The van der Waals surface area contributed by atoms with E-state index < -0.39 is 24.2 Å². The highest BCUT2D eigenvalue weighted by molar-refractivity contribution is 5.87. The minimum Gasteiger partial charge on any atom is -0.467 e. The van der Waals surface area contributed by atoms with Crippen LogP contribution in [0.15, 0.2) is 12.7 Å². The van der Waals surface area contributed by atoms with Gasteiger partial charge in [0.15, 0.2) is 0 Å². The minimum absolute atomic E-state index is 0.164. The maximum absolute atomic E-state index is 12.1. The van der Waals surface area contributed by atoms with E-state index in [-0.39, 0.29) is 19.1 Å². The lowest BCUT2D eigenvalue weighted by Crippen LogP contribution is -2.51. The van der Waals surface area contributed by atoms with Gasteiger partial charge in [-0.05, 0) is 12.8 Å². The van der Waals surface area contributed by atoms with E-state index in [0.29, 0.717) is 19.4 Å². The summed E-state index contributed by atoms with van der Waals surface area (Å²) in [6, 6.07) is -1.15. The van der Waals surface area contributed by atoms with E-state index in [4.69, 9.17) is 4.74 Å². The molecule has 0 aromatic heterocycles. The molecular weight excluding hydrogens is 288 g/mol. The molecule has 0 saturated heterocycles. The molecule has 0 rings (SSSR count). The molecule has 0 aliphatic rings. The fraction of sp³-hybridized carbons (Fsp3) is 0.733. The molecule has 1 amide bonds. The van der Waals surface area contributed by atoms with E-state index in [9.17, 15) is 14.7 Å². The number of ether oxygens (including phenoxy) is 2. The quantitative estimate of drug-likeness (QED) is 0.266. The second kappa shape index (κ2) is 12.1. The molecule has 0 aromatic carbocycles. The van der Waals surface area contributed by atoms with Gasteiger partial charge in [0.05, 0.1) is 32.5 Å². The van der Waals surface area contributed by atoms with Crippen molar-refractivity contribution >= 4 is 11.9 Å². The summed E-state index contributed by atoms with van der Waals surface area (Å²) in [7, 11) is 1.28. The van der Waals surface area contributed by atoms with Gasteiger partial charge < -0.3 is 25.2 Å². The van der Waals surface area contributed by atoms with Gasteiger partial charge in [-0.2, -0.15) is 0 Å². The summed E-state index contributed by atoms with van der Waals surface area (Å²) in [5.74, 6) is -0.762. The van der Waals surface area contributed by atoms with Crippen molar-refractivity contribution in [1.82, 2.24) is 10.6 Å². The topological polar surface area (TPSA) is 96.9 Å². The van der Waals surface area contributed by atoms with Gasteiger partial charge in [0.25, 0.3) is 0 Å². The zero-order valence-electron chi connectivity index (χ0n) is 13.6. The molecule has 0 fully saturated rings. The molecular formula is C15H28N2O5. The number of nitrogens with one attached hydrogen (secondary N) is 2. The zero-order chi connectivity index (χ0) is 17.0. The number of hydrogen-bond acceptors (Lipinski definition) is 6. The van der Waals surface area contributed by atoms with Crippen LogP contribution in [-0.4, -0.2) is 62.0 Å². The van der Waals surface area contributed by atoms with Gasteiger partial charge in [-0.25, -0.2) is 4.79 Å². The number of amides is 1. The largest absolute Gasteiger partial charge is 0.467 e. The van der Waals surface area contributed by atoms with Crippen LogP contribution in [0.4, 0.5) is 0 Å². The van der Waals surface area contributed by atoms with Crippen molar-refractivity contribution in [3.63, 3.8) is 0 Å². The van der Waals surface area contributed by atoms with Crippen molar-refractivity contribution in [3.05, 3.63) is 12.7 Å². The standard InChI is InChI=1S/C15H28N2O5/c1-5-8-22-10-11(18)9-16-12(6-2)14(19)17-13(7-3)15(20)21-4/h5,11-13,16,18H,1,6-10H2,2-4H3,(H,17,19). The maximum Gasteiger partial charge on any atom is 0.328 e. The Morgan fingerprint density at radius 3 is 2.41 bits per heavy atom. The van der Waals surface area contributed by atoms with Gasteiger partial charge in [0.1, 0.15) is 6.04 Å². The van der Waals surface area contributed by atoms with Crippen molar-refractivity contribution < 1.29 is 24.2 Å². The lowest BCUT2D eigenvalue weighted by molar-refractivity contribution is -0.145. The third-order valence-corrected chi connectivity index (χ3v) is 3.08. The van der Waals surface area contributed by atoms with Crippen LogP contribution in [0.2, 0.25) is 0 Å². The molecule has 0 spiro atoms. The predicted octanol–water partition coefficient (Wildman–Crippen LogP) is -0.0141. The van der Waals surface area contributed by atoms with E-state index in [1.54, 1.807) is 13.0 Å². The summed E-state index contributed by atoms with van der Waals surface area (Å²) >= 11 is 0. The van der Waals surface area contributed by atoms with Crippen molar-refractivity contribution in [2.24, 2.45) is 0 Å². The summed E-state index contributed by atoms with van der Waals surface area (Å²) in [5.41, 5.74) is 0. The molecule has 0 heterocycles. The Bertz CT molecular complexity index is 349. The maximum atomic E-state index is 12.1. The van der Waals surface area contributed by atoms with Crippen LogP contribution in [0.5, 0.6) is 0 Å². The van der Waals surface area contributed by atoms with Crippen LogP contribution < -0.4 is 10.6 Å². The number of aliphatic hydroxyl groups excluding tert-OH is 1. The molecule has 3 N–H and O–H groups in total. The SMILES string of the molecule is C=CCOCC(O)CNC(CC)C(=O)NC(CC)C(=O)OC. The Labute approximate surface area is 132 Å². The van der Waals surface area contributed by atoms with Gasteiger partial charge in [0, 0.05) is 6.54 Å². The average Bonchev–Trinajstić information content (AvgIpc) is 2.52. The van der Waals surface area contributed by atoms with Crippen LogP contribution in [0, 0.1) is 0 Å². The third kappa shape index (κ3) is 8.11. The first-order valence-electron chi connectivity index (χ1n) is 7.48. The molecule has 0 aliphatic carbocycles. The van der Waals surface area contributed by atoms with Gasteiger partial charge in [0.2, 0.25) is 5.91 Å². The molecule has 0 radical (unpaired) electrons. The molecule has 0 bridgehead atoms. The Morgan fingerprint density at radius 1 is 1.27 bits per heavy atom. The molecule has 128 valence electrons. The van der Waals surface area contributed by atoms with Crippen LogP contribution in [0.3, 0.4) is 0 Å². The predicted molar refractivity (Wildman–Crippen MR) is 83.3 cm³/mol. The van der Waals surface area contributed by atoms with Crippen molar-refractivity contribution in [2.45, 2.75) is 44.9 Å². The van der Waals surface area contributed by atoms with E-state index in [0.717, 1.165) is 0 Å². The average molecular weight is 316 g/mol. The summed E-state index contributed by atoms with van der Waals surface area (Å²) in [5, 5.41) is 15.3. The highest BCUT2D eigenvalue weighted by Crippen LogP contribution is 1.98. The number of rotatable bonds is 12. The summed E-state index contributed by atoms with van der Waals surface area (Å²) in [4.78, 5) is 23.6. The highest BCUT2D eigenvalue weighted by Gasteiger charge is 2.24. The molecule has 7 nitrogen and oxygen atoms in total. The molecule has 0 aromatic rings. The number of methoxy groups -OCH3 is 1. The van der Waals surface area contributed by atoms with Gasteiger partial charge in [-0.3, -0.25) is 4.79 Å². The number of carbonyl (C=O) groups excluding carboxylic acids is 2. The third-order valence-electron chi connectivity index (χ3n) is 3.08. The molecule has 22 heavy (non-hydrogen) atoms. The van der Waals surface area contributed by atoms with Crippen LogP contribution in [0.1, 0.15) is 26.7 Å². The van der Waals surface area contributed by atoms with Crippen molar-refractivity contribution in [1.29, 1.82) is 0 Å². The second-order valence-electron chi connectivity index (χ2n) is 4.84. The minimum atomic E-state index is -0.718. The van der Waals surface area contributed by atoms with Crippen LogP contribution >= 0.6 is 0 Å². The van der Waals surface area contributed by atoms with Crippen LogP contribution in [-0.2, 0) is 19.1 Å². The summed E-state index contributed by atoms with van der Waals surface area (Å²) < 4.78 is 9.76. The van der Waals surface area contributed by atoms with Crippen molar-refractivity contribution in [3.8, 4) is 0 Å². The van der Waals surface area contributed by atoms with Gasteiger partial charge in [-0.15, -0.1) is 6.58 Å². The molecule has 3 atom stereocenters. The molecule has 0 saturated carbocycles. The monoisotopic (exact) mass is 316 g/mol. The smallest absolute Gasteiger partial charge is 0.328 e. The Kier molecular flexibility index (Phi) is 11.3. The van der Waals surface area contributed by atoms with Crippen molar-refractivity contribution in [2.75, 3.05) is 26.9 Å². The molecule has 0 aliphatic heterocycles. The Balaban J connectivity index is 4.29. The highest BCUT2D eigenvalue weighted by atomic mass is 16.5. The second-order valence-corrected chi connectivity index (χ2v) is 4.84. The molecule has 3 unspecified atom stereocenters. The van der Waals surface area contributed by atoms with Crippen LogP contribution in [0.25, 0.3) is 0 Å². The first kappa shape index (κ1) is 20.6. The fourth-order valence-corrected chi connectivity index (χ4v) is 1.79. The zero-order valence-corrected chi connectivity index (χ0v) is 13.6. The summed E-state index contributed by atoms with van der Waals surface area (Å²) in [6.07, 6.45) is 1.86. The number of hydrogen-bond donors (Lipinski definition) is 3. The first-order valence-corrected chi connectivity index (χ1v) is 7.48. The lowest BCUT2D eigenvalue weighted by Gasteiger charge is -2.21. The Hall–Kier alpha value is -1.44. The Morgan fingerprint density at radius 2 is 1.91 bits per heavy atom. The normalized spacial score (nSPS) is 14.7. The van der Waals surface area contributed by atoms with Gasteiger partial charge >= 0.3 is 5.97 Å². The van der Waals surface area contributed by atoms with E-state index in [1.165, 1.54) is 7.11 Å². The number of aliphatic hydroxyl groups is 1. The number of carbonyl (C=O) groups is 2. The van der Waals surface area contributed by atoms with E-state index in [2.05, 4.69) is 21.9 Å². The number of esters is 1. The summed E-state index contributed by atoms with van der Waals surface area (Å²) in [6.45, 7) is 7.90. The van der Waals surface area contributed by atoms with E-state index in [1.807, 2.05) is 6.92 Å². The van der Waals surface area contributed by atoms with Gasteiger partial charge in [-0.1, -0.05) is 19.9 Å².